The van der Waals surface area contributed by atoms with Crippen LogP contribution < -0.4 is 0 Å². The number of ether oxygens (including phenoxy) is 1. The van der Waals surface area contributed by atoms with Crippen LogP contribution >= 0.6 is 15.9 Å². The van der Waals surface area contributed by atoms with Gasteiger partial charge in [-0.3, -0.25) is 0 Å². The van der Waals surface area contributed by atoms with E-state index in [4.69, 9.17) is 4.74 Å². The molecule has 1 aliphatic rings. The molecule has 0 aromatic carbocycles. The van der Waals surface area contributed by atoms with E-state index in [0.717, 1.165) is 4.47 Å². The van der Waals surface area contributed by atoms with E-state index in [0.29, 0.717) is 30.7 Å². The Labute approximate surface area is 131 Å². The van der Waals surface area contributed by atoms with Crippen LogP contribution in [0.5, 0.6) is 0 Å². The van der Waals surface area contributed by atoms with Gasteiger partial charge in [0.05, 0.1) is 5.60 Å². The summed E-state index contributed by atoms with van der Waals surface area (Å²) in [4.78, 5) is 7.32. The first-order valence-electron chi connectivity index (χ1n) is 6.62. The lowest BCUT2D eigenvalue weighted by Gasteiger charge is -2.46. The van der Waals surface area contributed by atoms with Gasteiger partial charge in [0.2, 0.25) is 10.0 Å². The minimum atomic E-state index is -3.53. The van der Waals surface area contributed by atoms with E-state index in [-0.39, 0.29) is 10.5 Å². The molecule has 3 heterocycles. The molecule has 0 aliphatic carbocycles. The first-order chi connectivity index (χ1) is 9.86. The molecule has 0 unspecified atom stereocenters. The van der Waals surface area contributed by atoms with Crippen molar-refractivity contribution in [3.05, 3.63) is 22.9 Å². The van der Waals surface area contributed by atoms with Crippen LogP contribution in [0.2, 0.25) is 0 Å². The average Bonchev–Trinajstić information content (AvgIpc) is 2.79. The molecule has 3 rings (SSSR count). The summed E-state index contributed by atoms with van der Waals surface area (Å²) in [6.45, 7) is 5.16. The van der Waals surface area contributed by atoms with E-state index < -0.39 is 10.0 Å². The Morgan fingerprint density at radius 3 is 2.90 bits per heavy atom. The van der Waals surface area contributed by atoms with Crippen LogP contribution in [0.4, 0.5) is 0 Å². The van der Waals surface area contributed by atoms with Gasteiger partial charge < -0.3 is 9.72 Å². The number of nitrogens with zero attached hydrogens (tertiary/aromatic N) is 2. The zero-order valence-corrected chi connectivity index (χ0v) is 14.2. The van der Waals surface area contributed by atoms with E-state index in [1.165, 1.54) is 10.5 Å². The molecule has 114 valence electrons. The van der Waals surface area contributed by atoms with Crippen LogP contribution in [0, 0.1) is 0 Å². The number of H-pyrrole nitrogens is 1. The van der Waals surface area contributed by atoms with Crippen LogP contribution in [-0.4, -0.2) is 48.0 Å². The summed E-state index contributed by atoms with van der Waals surface area (Å²) in [5.41, 5.74) is 0.178. The standard InChI is InChI=1S/C13H16BrN3O3S/c1-3-20-13(2)7-17(8-13)21(18,19)11-6-16-12-10(11)4-9(14)5-15-12/h4-6H,3,7-8H2,1-2H3,(H,15,16). The minimum absolute atomic E-state index is 0.254. The van der Waals surface area contributed by atoms with Gasteiger partial charge in [-0.15, -0.1) is 0 Å². The number of nitrogens with one attached hydrogen (secondary N) is 1. The normalized spacial score (nSPS) is 18.8. The number of hydrogen-bond acceptors (Lipinski definition) is 4. The molecule has 0 radical (unpaired) electrons. The van der Waals surface area contributed by atoms with Crippen molar-refractivity contribution in [2.75, 3.05) is 19.7 Å². The number of sulfonamides is 1. The van der Waals surface area contributed by atoms with Gasteiger partial charge in [0.1, 0.15) is 10.5 Å². The highest BCUT2D eigenvalue weighted by atomic mass is 79.9. The van der Waals surface area contributed by atoms with Gasteiger partial charge in [-0.25, -0.2) is 13.4 Å². The van der Waals surface area contributed by atoms with Gasteiger partial charge in [-0.2, -0.15) is 4.31 Å². The molecule has 1 N–H and O–H groups in total. The second-order valence-electron chi connectivity index (χ2n) is 5.36. The zero-order chi connectivity index (χ0) is 15.3. The molecule has 0 bridgehead atoms. The smallest absolute Gasteiger partial charge is 0.245 e. The summed E-state index contributed by atoms with van der Waals surface area (Å²) in [5.74, 6) is 0. The third kappa shape index (κ3) is 2.50. The first kappa shape index (κ1) is 15.0. The van der Waals surface area contributed by atoms with Crippen LogP contribution in [0.3, 0.4) is 0 Å². The number of hydrogen-bond donors (Lipinski definition) is 1. The Morgan fingerprint density at radius 2 is 2.24 bits per heavy atom. The Balaban J connectivity index is 1.94. The molecule has 21 heavy (non-hydrogen) atoms. The van der Waals surface area contributed by atoms with Crippen LogP contribution in [0.25, 0.3) is 11.0 Å². The van der Waals surface area contributed by atoms with Gasteiger partial charge in [-0.05, 0) is 35.8 Å². The highest BCUT2D eigenvalue weighted by Crippen LogP contribution is 2.33. The van der Waals surface area contributed by atoms with Crippen molar-refractivity contribution >= 4 is 37.0 Å². The monoisotopic (exact) mass is 373 g/mol. The maximum atomic E-state index is 12.7. The fourth-order valence-corrected chi connectivity index (χ4v) is 4.75. The molecule has 0 saturated carbocycles. The zero-order valence-electron chi connectivity index (χ0n) is 11.8. The molecule has 1 aliphatic heterocycles. The maximum Gasteiger partial charge on any atom is 0.245 e. The molecule has 1 fully saturated rings. The first-order valence-corrected chi connectivity index (χ1v) is 8.86. The quantitative estimate of drug-likeness (QED) is 0.890. The molecule has 2 aromatic heterocycles. The summed E-state index contributed by atoms with van der Waals surface area (Å²) in [7, 11) is -3.53. The molecular formula is C13H16BrN3O3S. The predicted octanol–water partition coefficient (Wildman–Crippen LogP) is 2.12. The van der Waals surface area contributed by atoms with Crippen molar-refractivity contribution in [3.63, 3.8) is 0 Å². The summed E-state index contributed by atoms with van der Waals surface area (Å²) >= 11 is 3.32. The number of rotatable bonds is 4. The second-order valence-corrected chi connectivity index (χ2v) is 8.18. The Bertz CT molecular complexity index is 781. The molecule has 6 nitrogen and oxygen atoms in total. The number of pyridine rings is 1. The largest absolute Gasteiger partial charge is 0.373 e. The lowest BCUT2D eigenvalue weighted by atomic mass is 10.0. The predicted molar refractivity (Wildman–Crippen MR) is 82.6 cm³/mol. The highest BCUT2D eigenvalue weighted by Gasteiger charge is 2.46. The molecule has 2 aromatic rings. The highest BCUT2D eigenvalue weighted by molar-refractivity contribution is 9.10. The third-order valence-electron chi connectivity index (χ3n) is 3.59. The van der Waals surface area contributed by atoms with Gasteiger partial charge in [0.25, 0.3) is 0 Å². The Hall–Kier alpha value is -0.960. The van der Waals surface area contributed by atoms with E-state index in [1.54, 1.807) is 12.3 Å². The lowest BCUT2D eigenvalue weighted by molar-refractivity contribution is -0.0979. The number of halogens is 1. The van der Waals surface area contributed by atoms with E-state index in [1.807, 2.05) is 13.8 Å². The molecule has 0 atom stereocenters. The minimum Gasteiger partial charge on any atom is -0.373 e. The van der Waals surface area contributed by atoms with Crippen molar-refractivity contribution < 1.29 is 13.2 Å². The molecule has 1 saturated heterocycles. The topological polar surface area (TPSA) is 75.3 Å². The van der Waals surface area contributed by atoms with Crippen molar-refractivity contribution in [1.29, 1.82) is 0 Å². The van der Waals surface area contributed by atoms with E-state index >= 15 is 0 Å². The molecule has 0 spiro atoms. The van der Waals surface area contributed by atoms with Gasteiger partial charge in [-0.1, -0.05) is 0 Å². The van der Waals surface area contributed by atoms with Crippen molar-refractivity contribution in [2.45, 2.75) is 24.3 Å². The van der Waals surface area contributed by atoms with Gasteiger partial charge >= 0.3 is 0 Å². The lowest BCUT2D eigenvalue weighted by Crippen LogP contribution is -2.62. The fourth-order valence-electron chi connectivity index (χ4n) is 2.62. The molecular weight excluding hydrogens is 358 g/mol. The Kier molecular flexibility index (Phi) is 3.59. The number of fused-ring (bicyclic) bond motifs is 1. The van der Waals surface area contributed by atoms with Crippen molar-refractivity contribution in [2.24, 2.45) is 0 Å². The van der Waals surface area contributed by atoms with Crippen LogP contribution in [0.15, 0.2) is 27.8 Å². The van der Waals surface area contributed by atoms with Gasteiger partial charge in [0.15, 0.2) is 0 Å². The number of aromatic amines is 1. The summed E-state index contributed by atoms with van der Waals surface area (Å²) in [5, 5.41) is 0.592. The third-order valence-corrected chi connectivity index (χ3v) is 5.86. The summed E-state index contributed by atoms with van der Waals surface area (Å²) < 4.78 is 33.2. The maximum absolute atomic E-state index is 12.7. The summed E-state index contributed by atoms with van der Waals surface area (Å²) in [6, 6.07) is 1.76. The van der Waals surface area contributed by atoms with Crippen LogP contribution in [0.1, 0.15) is 13.8 Å². The van der Waals surface area contributed by atoms with Gasteiger partial charge in [0, 0.05) is 41.9 Å². The SMILES string of the molecule is CCOC1(C)CN(S(=O)(=O)c2c[nH]c3ncc(Br)cc23)C1. The molecule has 0 amide bonds. The van der Waals surface area contributed by atoms with E-state index in [9.17, 15) is 8.42 Å². The second kappa shape index (κ2) is 5.05. The fraction of sp³-hybridized carbons (Fsp3) is 0.462. The summed E-state index contributed by atoms with van der Waals surface area (Å²) in [6.07, 6.45) is 3.13. The average molecular weight is 374 g/mol. The van der Waals surface area contributed by atoms with E-state index in [2.05, 4.69) is 25.9 Å². The van der Waals surface area contributed by atoms with Crippen molar-refractivity contribution in [3.8, 4) is 0 Å². The Morgan fingerprint density at radius 1 is 1.52 bits per heavy atom. The van der Waals surface area contributed by atoms with Crippen LogP contribution in [-0.2, 0) is 14.8 Å². The van der Waals surface area contributed by atoms with Crippen molar-refractivity contribution in [1.82, 2.24) is 14.3 Å². The number of aromatic nitrogens is 2. The molecule has 8 heteroatoms.